The summed E-state index contributed by atoms with van der Waals surface area (Å²) in [5, 5.41) is 15.1. The molecular weight excluding hydrogens is 477 g/mol. The van der Waals surface area contributed by atoms with Crippen molar-refractivity contribution >= 4 is 46.6 Å². The van der Waals surface area contributed by atoms with Gasteiger partial charge in [0.05, 0.1) is 11.5 Å². The lowest BCUT2D eigenvalue weighted by molar-refractivity contribution is -0.118. The Morgan fingerprint density at radius 1 is 1.09 bits per heavy atom. The van der Waals surface area contributed by atoms with Crippen LogP contribution in [0.15, 0.2) is 58.8 Å². The van der Waals surface area contributed by atoms with Crippen molar-refractivity contribution in [2.75, 3.05) is 5.75 Å². The zero-order chi connectivity index (χ0) is 23.2. The summed E-state index contributed by atoms with van der Waals surface area (Å²) >= 11 is 13.6. The molecule has 9 heteroatoms. The summed E-state index contributed by atoms with van der Waals surface area (Å²) in [4.78, 5) is 12.5. The predicted molar refractivity (Wildman–Crippen MR) is 135 cm³/mol. The number of carbonyl (C=O) groups is 1. The molecule has 33 heavy (non-hydrogen) atoms. The highest BCUT2D eigenvalue weighted by atomic mass is 35.5. The van der Waals surface area contributed by atoms with Gasteiger partial charge in [0.15, 0.2) is 11.0 Å². The molecule has 1 aromatic heterocycles. The molecule has 3 aromatic rings. The van der Waals surface area contributed by atoms with Crippen LogP contribution in [0, 0.1) is 0 Å². The van der Waals surface area contributed by atoms with Crippen LogP contribution in [0.5, 0.6) is 0 Å². The predicted octanol–water partition coefficient (Wildman–Crippen LogP) is 6.39. The van der Waals surface area contributed by atoms with E-state index in [2.05, 4.69) is 25.3 Å². The number of hydrogen-bond acceptors (Lipinski definition) is 5. The van der Waals surface area contributed by atoms with Crippen LogP contribution in [-0.2, 0) is 4.79 Å². The molecule has 0 radical (unpaired) electrons. The summed E-state index contributed by atoms with van der Waals surface area (Å²) in [5.74, 6) is 0.789. The summed E-state index contributed by atoms with van der Waals surface area (Å²) in [6.45, 7) is 1.81. The van der Waals surface area contributed by atoms with Crippen molar-refractivity contribution in [3.63, 3.8) is 0 Å². The van der Waals surface area contributed by atoms with Gasteiger partial charge in [-0.3, -0.25) is 9.36 Å². The highest BCUT2D eigenvalue weighted by Gasteiger charge is 2.24. The van der Waals surface area contributed by atoms with E-state index in [0.29, 0.717) is 21.8 Å². The number of halogens is 2. The fraction of sp³-hybridized carbons (Fsp3) is 0.333. The molecule has 1 aliphatic carbocycles. The SMILES string of the molecule is C/C(=N\NC(=O)CSc1nnc(-c2ccc(Cl)cc2)n1C1CCCCC1)c1ccccc1Cl. The topological polar surface area (TPSA) is 72.2 Å². The van der Waals surface area contributed by atoms with E-state index in [0.717, 1.165) is 34.9 Å². The average Bonchev–Trinajstić information content (AvgIpc) is 3.26. The molecule has 0 saturated heterocycles. The van der Waals surface area contributed by atoms with Crippen molar-refractivity contribution < 1.29 is 4.79 Å². The minimum absolute atomic E-state index is 0.185. The van der Waals surface area contributed by atoms with Gasteiger partial charge in [-0.15, -0.1) is 10.2 Å². The fourth-order valence-electron chi connectivity index (χ4n) is 3.96. The molecule has 1 amide bonds. The van der Waals surface area contributed by atoms with Crippen LogP contribution in [0.4, 0.5) is 0 Å². The molecule has 1 heterocycles. The molecule has 0 aliphatic heterocycles. The van der Waals surface area contributed by atoms with E-state index in [-0.39, 0.29) is 11.7 Å². The highest BCUT2D eigenvalue weighted by Crippen LogP contribution is 2.35. The van der Waals surface area contributed by atoms with Crippen molar-refractivity contribution in [1.29, 1.82) is 0 Å². The molecule has 1 N–H and O–H groups in total. The van der Waals surface area contributed by atoms with E-state index in [9.17, 15) is 4.79 Å². The molecule has 2 aromatic carbocycles. The molecule has 1 aliphatic rings. The van der Waals surface area contributed by atoms with Gasteiger partial charge in [-0.1, -0.05) is 72.4 Å². The second kappa shape index (κ2) is 11.2. The van der Waals surface area contributed by atoms with Crippen LogP contribution < -0.4 is 5.43 Å². The lowest BCUT2D eigenvalue weighted by atomic mass is 9.95. The van der Waals surface area contributed by atoms with Crippen molar-refractivity contribution in [3.05, 3.63) is 64.1 Å². The molecule has 0 bridgehead atoms. The normalized spacial score (nSPS) is 14.9. The molecular formula is C24H25Cl2N5OS. The Bertz CT molecular complexity index is 1140. The largest absolute Gasteiger partial charge is 0.299 e. The number of thioether (sulfide) groups is 1. The molecule has 6 nitrogen and oxygen atoms in total. The number of nitrogens with one attached hydrogen (secondary N) is 1. The molecule has 1 fully saturated rings. The zero-order valence-corrected chi connectivity index (χ0v) is 20.6. The lowest BCUT2D eigenvalue weighted by Crippen LogP contribution is -2.22. The fourth-order valence-corrected chi connectivity index (χ4v) is 5.16. The third-order valence-corrected chi connectivity index (χ3v) is 7.18. The lowest BCUT2D eigenvalue weighted by Gasteiger charge is -2.25. The third kappa shape index (κ3) is 5.96. The van der Waals surface area contributed by atoms with Gasteiger partial charge in [0.25, 0.3) is 5.91 Å². The van der Waals surface area contributed by atoms with Crippen LogP contribution in [0.2, 0.25) is 10.0 Å². The van der Waals surface area contributed by atoms with E-state index in [4.69, 9.17) is 23.2 Å². The molecule has 172 valence electrons. The van der Waals surface area contributed by atoms with Gasteiger partial charge in [0, 0.05) is 27.2 Å². The van der Waals surface area contributed by atoms with E-state index in [1.54, 1.807) is 6.07 Å². The number of benzene rings is 2. The van der Waals surface area contributed by atoms with Gasteiger partial charge < -0.3 is 0 Å². The zero-order valence-electron chi connectivity index (χ0n) is 18.3. The second-order valence-corrected chi connectivity index (χ2v) is 9.76. The van der Waals surface area contributed by atoms with Crippen LogP contribution >= 0.6 is 35.0 Å². The summed E-state index contributed by atoms with van der Waals surface area (Å²) in [7, 11) is 0. The van der Waals surface area contributed by atoms with Gasteiger partial charge >= 0.3 is 0 Å². The quantitative estimate of drug-likeness (QED) is 0.231. The number of carbonyl (C=O) groups excluding carboxylic acids is 1. The Kier molecular flexibility index (Phi) is 8.06. The van der Waals surface area contributed by atoms with Crippen LogP contribution in [-0.4, -0.2) is 32.1 Å². The van der Waals surface area contributed by atoms with Gasteiger partial charge in [-0.2, -0.15) is 5.10 Å². The first-order valence-corrected chi connectivity index (χ1v) is 12.7. The Morgan fingerprint density at radius 3 is 2.55 bits per heavy atom. The van der Waals surface area contributed by atoms with E-state index < -0.39 is 0 Å². The van der Waals surface area contributed by atoms with Crippen molar-refractivity contribution in [1.82, 2.24) is 20.2 Å². The summed E-state index contributed by atoms with van der Waals surface area (Å²) in [6.07, 6.45) is 5.79. The highest BCUT2D eigenvalue weighted by molar-refractivity contribution is 7.99. The minimum Gasteiger partial charge on any atom is -0.299 e. The molecule has 0 atom stereocenters. The number of hydrogen-bond donors (Lipinski definition) is 1. The first-order valence-electron chi connectivity index (χ1n) is 10.9. The molecule has 4 rings (SSSR count). The Labute approximate surface area is 207 Å². The Balaban J connectivity index is 1.48. The summed E-state index contributed by atoms with van der Waals surface area (Å²) in [6, 6.07) is 15.4. The van der Waals surface area contributed by atoms with Crippen molar-refractivity contribution in [2.24, 2.45) is 5.10 Å². The number of aromatic nitrogens is 3. The summed E-state index contributed by atoms with van der Waals surface area (Å²) < 4.78 is 2.19. The third-order valence-electron chi connectivity index (χ3n) is 5.65. The van der Waals surface area contributed by atoms with E-state index in [1.807, 2.05) is 49.4 Å². The Hall–Kier alpha value is -2.35. The molecule has 1 saturated carbocycles. The van der Waals surface area contributed by atoms with Crippen LogP contribution in [0.3, 0.4) is 0 Å². The van der Waals surface area contributed by atoms with Crippen molar-refractivity contribution in [3.8, 4) is 11.4 Å². The van der Waals surface area contributed by atoms with Crippen LogP contribution in [0.1, 0.15) is 50.6 Å². The van der Waals surface area contributed by atoms with Crippen LogP contribution in [0.25, 0.3) is 11.4 Å². The smallest absolute Gasteiger partial charge is 0.250 e. The maximum atomic E-state index is 12.5. The van der Waals surface area contributed by atoms with Gasteiger partial charge in [-0.05, 0) is 50.1 Å². The average molecular weight is 502 g/mol. The van der Waals surface area contributed by atoms with Gasteiger partial charge in [0.2, 0.25) is 0 Å². The van der Waals surface area contributed by atoms with Gasteiger partial charge in [-0.25, -0.2) is 5.43 Å². The van der Waals surface area contributed by atoms with E-state index >= 15 is 0 Å². The minimum atomic E-state index is -0.211. The maximum Gasteiger partial charge on any atom is 0.250 e. The number of amides is 1. The number of rotatable bonds is 7. The number of nitrogens with zero attached hydrogens (tertiary/aromatic N) is 4. The van der Waals surface area contributed by atoms with Crippen molar-refractivity contribution in [2.45, 2.75) is 50.2 Å². The summed E-state index contributed by atoms with van der Waals surface area (Å²) in [5.41, 5.74) is 5.02. The molecule has 0 unspecified atom stereocenters. The first kappa shape index (κ1) is 23.8. The Morgan fingerprint density at radius 2 is 1.82 bits per heavy atom. The monoisotopic (exact) mass is 501 g/mol. The molecule has 0 spiro atoms. The second-order valence-electron chi connectivity index (χ2n) is 7.98. The van der Waals surface area contributed by atoms with E-state index in [1.165, 1.54) is 31.0 Å². The van der Waals surface area contributed by atoms with Gasteiger partial charge in [0.1, 0.15) is 0 Å². The first-order chi connectivity index (χ1) is 16.0. The number of hydrazone groups is 1. The maximum absolute atomic E-state index is 12.5. The standard InChI is InChI=1S/C24H25Cl2N5OS/c1-16(20-9-5-6-10-21(20)26)27-28-22(32)15-33-24-30-29-23(17-11-13-18(25)14-12-17)31(24)19-7-3-2-4-8-19/h5-6,9-14,19H,2-4,7-8,15H2,1H3,(H,28,32)/b27-16+.